The van der Waals surface area contributed by atoms with Gasteiger partial charge in [0.05, 0.1) is 0 Å². The fourth-order valence-corrected chi connectivity index (χ4v) is 1.54. The van der Waals surface area contributed by atoms with Crippen molar-refractivity contribution in [1.82, 2.24) is 4.90 Å². The zero-order valence-electron chi connectivity index (χ0n) is 9.77. The van der Waals surface area contributed by atoms with Crippen LogP contribution in [0.25, 0.3) is 0 Å². The molecule has 0 spiro atoms. The predicted octanol–water partition coefficient (Wildman–Crippen LogP) is 0.661. The average Bonchev–Trinajstić information content (AvgIpc) is 2.35. The molecule has 0 radical (unpaired) electrons. The molecule has 0 aliphatic heterocycles. The lowest BCUT2D eigenvalue weighted by Crippen LogP contribution is -2.41. The molecule has 1 aromatic carbocycles. The second-order valence-corrected chi connectivity index (χ2v) is 4.32. The first-order valence-corrected chi connectivity index (χ1v) is 5.80. The summed E-state index contributed by atoms with van der Waals surface area (Å²) in [7, 11) is 1.65. The van der Waals surface area contributed by atoms with E-state index in [1.165, 1.54) is 4.90 Å². The van der Waals surface area contributed by atoms with E-state index in [4.69, 9.17) is 17.3 Å². The van der Waals surface area contributed by atoms with Crippen LogP contribution in [0.3, 0.4) is 0 Å². The third-order valence-corrected chi connectivity index (χ3v) is 2.79. The van der Waals surface area contributed by atoms with Gasteiger partial charge >= 0.3 is 0 Å². The maximum Gasteiger partial charge on any atom is 0.252 e. The largest absolute Gasteiger partial charge is 0.382 e. The van der Waals surface area contributed by atoms with E-state index in [1.807, 2.05) is 24.3 Å². The Morgan fingerprint density at radius 2 is 2.06 bits per heavy atom. The molecule has 0 heterocycles. The van der Waals surface area contributed by atoms with Crippen LogP contribution in [0.5, 0.6) is 0 Å². The highest BCUT2D eigenvalue weighted by Gasteiger charge is 2.17. The maximum absolute atomic E-state index is 11.5. The first kappa shape index (κ1) is 14.0. The van der Waals surface area contributed by atoms with Crippen molar-refractivity contribution in [3.63, 3.8) is 0 Å². The van der Waals surface area contributed by atoms with Gasteiger partial charge in [0.25, 0.3) is 5.91 Å². The fourth-order valence-electron chi connectivity index (χ4n) is 1.41. The first-order chi connectivity index (χ1) is 8.04. The predicted molar refractivity (Wildman–Crippen MR) is 67.9 cm³/mol. The number of amides is 1. The van der Waals surface area contributed by atoms with Gasteiger partial charge in [0.15, 0.2) is 0 Å². The summed E-state index contributed by atoms with van der Waals surface area (Å²) in [5.74, 6) is -0.346. The van der Waals surface area contributed by atoms with Crippen LogP contribution in [0.15, 0.2) is 24.3 Å². The smallest absolute Gasteiger partial charge is 0.252 e. The molecule has 1 atom stereocenters. The molecule has 1 unspecified atom stereocenters. The van der Waals surface area contributed by atoms with Crippen molar-refractivity contribution < 1.29 is 9.90 Å². The molecule has 0 fully saturated rings. The minimum atomic E-state index is -1.11. The van der Waals surface area contributed by atoms with Crippen molar-refractivity contribution in [3.05, 3.63) is 34.9 Å². The number of hydrogen-bond acceptors (Lipinski definition) is 3. The number of benzene rings is 1. The zero-order valence-corrected chi connectivity index (χ0v) is 10.5. The molecule has 0 aliphatic rings. The molecule has 94 valence electrons. The number of carbonyl (C=O) groups is 1. The summed E-state index contributed by atoms with van der Waals surface area (Å²) in [5.41, 5.74) is 6.32. The Labute approximate surface area is 106 Å². The molecular weight excluding hydrogens is 240 g/mol. The van der Waals surface area contributed by atoms with Crippen LogP contribution in [-0.4, -0.2) is 42.2 Å². The van der Waals surface area contributed by atoms with Crippen LogP contribution in [0.4, 0.5) is 0 Å². The van der Waals surface area contributed by atoms with E-state index in [1.54, 1.807) is 7.05 Å². The second-order valence-electron chi connectivity index (χ2n) is 3.89. The van der Waals surface area contributed by atoms with Gasteiger partial charge in [-0.3, -0.25) is 4.79 Å². The average molecular weight is 257 g/mol. The molecule has 0 aliphatic carbocycles. The Morgan fingerprint density at radius 1 is 1.47 bits per heavy atom. The van der Waals surface area contributed by atoms with Gasteiger partial charge in [-0.15, -0.1) is 0 Å². The highest BCUT2D eigenvalue weighted by Crippen LogP contribution is 2.10. The van der Waals surface area contributed by atoms with Gasteiger partial charge in [-0.2, -0.15) is 0 Å². The normalized spacial score (nSPS) is 12.2. The number of nitrogens with zero attached hydrogens (tertiary/aromatic N) is 1. The Bertz CT molecular complexity index is 367. The van der Waals surface area contributed by atoms with Crippen molar-refractivity contribution in [2.24, 2.45) is 5.73 Å². The quantitative estimate of drug-likeness (QED) is 0.813. The summed E-state index contributed by atoms with van der Waals surface area (Å²) in [5, 5.41) is 9.99. The Morgan fingerprint density at radius 3 is 2.59 bits per heavy atom. The van der Waals surface area contributed by atoms with Crippen molar-refractivity contribution in [3.8, 4) is 0 Å². The molecular formula is C12H17ClN2O2. The van der Waals surface area contributed by atoms with Crippen molar-refractivity contribution in [2.75, 3.05) is 20.1 Å². The van der Waals surface area contributed by atoms with Gasteiger partial charge in [0.1, 0.15) is 6.10 Å². The number of aliphatic hydroxyl groups excluding tert-OH is 1. The highest BCUT2D eigenvalue weighted by molar-refractivity contribution is 6.30. The summed E-state index contributed by atoms with van der Waals surface area (Å²) in [4.78, 5) is 13.0. The third-order valence-electron chi connectivity index (χ3n) is 2.53. The summed E-state index contributed by atoms with van der Waals surface area (Å²) >= 11 is 5.77. The van der Waals surface area contributed by atoms with E-state index in [9.17, 15) is 9.90 Å². The Hall–Kier alpha value is -1.10. The van der Waals surface area contributed by atoms with Gasteiger partial charge in [0.2, 0.25) is 0 Å². The number of aliphatic hydroxyl groups is 1. The molecule has 0 aromatic heterocycles. The van der Waals surface area contributed by atoms with Gasteiger partial charge in [-0.25, -0.2) is 0 Å². The molecule has 4 nitrogen and oxygen atoms in total. The van der Waals surface area contributed by atoms with Crippen molar-refractivity contribution in [2.45, 2.75) is 12.5 Å². The van der Waals surface area contributed by atoms with Crippen LogP contribution in [0, 0.1) is 0 Å². The van der Waals surface area contributed by atoms with Gasteiger partial charge < -0.3 is 15.7 Å². The molecule has 17 heavy (non-hydrogen) atoms. The molecule has 0 bridgehead atoms. The topological polar surface area (TPSA) is 66.6 Å². The number of rotatable bonds is 5. The van der Waals surface area contributed by atoms with Gasteiger partial charge in [-0.1, -0.05) is 23.7 Å². The molecule has 1 rings (SSSR count). The van der Waals surface area contributed by atoms with Crippen LogP contribution < -0.4 is 5.73 Å². The minimum Gasteiger partial charge on any atom is -0.382 e. The van der Waals surface area contributed by atoms with Crippen LogP contribution >= 0.6 is 11.6 Å². The van der Waals surface area contributed by atoms with Crippen molar-refractivity contribution >= 4 is 17.5 Å². The van der Waals surface area contributed by atoms with Crippen LogP contribution in [-0.2, 0) is 11.2 Å². The lowest BCUT2D eigenvalue weighted by Gasteiger charge is -2.19. The van der Waals surface area contributed by atoms with E-state index in [0.29, 0.717) is 11.6 Å². The first-order valence-electron chi connectivity index (χ1n) is 5.42. The van der Waals surface area contributed by atoms with Crippen LogP contribution in [0.2, 0.25) is 5.02 Å². The van der Waals surface area contributed by atoms with E-state index >= 15 is 0 Å². The summed E-state index contributed by atoms with van der Waals surface area (Å²) in [6, 6.07) is 7.46. The van der Waals surface area contributed by atoms with Crippen molar-refractivity contribution in [1.29, 1.82) is 0 Å². The van der Waals surface area contributed by atoms with Gasteiger partial charge in [0, 0.05) is 25.2 Å². The summed E-state index contributed by atoms with van der Waals surface area (Å²) < 4.78 is 0. The third kappa shape index (κ3) is 4.34. The van der Waals surface area contributed by atoms with E-state index in [-0.39, 0.29) is 12.5 Å². The van der Waals surface area contributed by atoms with E-state index in [2.05, 4.69) is 0 Å². The zero-order chi connectivity index (χ0) is 12.8. The highest BCUT2D eigenvalue weighted by atomic mass is 35.5. The monoisotopic (exact) mass is 256 g/mol. The van der Waals surface area contributed by atoms with Gasteiger partial charge in [-0.05, 0) is 24.1 Å². The molecule has 0 saturated carbocycles. The SMILES string of the molecule is CN(CCc1ccc(Cl)cc1)C(=O)C(O)CN. The summed E-state index contributed by atoms with van der Waals surface area (Å²) in [6.45, 7) is 0.488. The Kier molecular flexibility index (Phi) is 5.41. The number of halogens is 1. The van der Waals surface area contributed by atoms with E-state index < -0.39 is 6.10 Å². The van der Waals surface area contributed by atoms with Crippen LogP contribution in [0.1, 0.15) is 5.56 Å². The maximum atomic E-state index is 11.5. The standard InChI is InChI=1S/C12H17ClN2O2/c1-15(12(17)11(16)8-14)7-6-9-2-4-10(13)5-3-9/h2-5,11,16H,6-8,14H2,1H3. The lowest BCUT2D eigenvalue weighted by atomic mass is 10.1. The summed E-state index contributed by atoms with van der Waals surface area (Å²) in [6.07, 6.45) is -0.387. The Balaban J connectivity index is 2.45. The number of hydrogen-bond donors (Lipinski definition) is 2. The number of likely N-dealkylation sites (N-methyl/N-ethyl adjacent to an activating group) is 1. The lowest BCUT2D eigenvalue weighted by molar-refractivity contribution is -0.138. The number of nitrogens with two attached hydrogens (primary N) is 1. The minimum absolute atomic E-state index is 0.0515. The second kappa shape index (κ2) is 6.59. The molecule has 1 amide bonds. The molecule has 5 heteroatoms. The fraction of sp³-hybridized carbons (Fsp3) is 0.417. The number of carbonyl (C=O) groups excluding carboxylic acids is 1. The van der Waals surface area contributed by atoms with E-state index in [0.717, 1.165) is 12.0 Å². The molecule has 3 N–H and O–H groups in total. The molecule has 0 saturated heterocycles. The molecule has 1 aromatic rings.